The SMILES string of the molecule is Cc1[nH]nc(NC(=O)COCc2ccccc2)c1C. The minimum absolute atomic E-state index is 0.0141. The number of aromatic nitrogens is 2. The van der Waals surface area contributed by atoms with E-state index >= 15 is 0 Å². The van der Waals surface area contributed by atoms with Crippen LogP contribution in [-0.2, 0) is 16.1 Å². The normalized spacial score (nSPS) is 10.4. The summed E-state index contributed by atoms with van der Waals surface area (Å²) in [6.07, 6.45) is 0. The molecule has 1 aromatic heterocycles. The second kappa shape index (κ2) is 6.15. The van der Waals surface area contributed by atoms with Crippen molar-refractivity contribution in [2.45, 2.75) is 20.5 Å². The van der Waals surface area contributed by atoms with Gasteiger partial charge in [-0.15, -0.1) is 0 Å². The summed E-state index contributed by atoms with van der Waals surface area (Å²) in [4.78, 5) is 11.7. The maximum atomic E-state index is 11.7. The van der Waals surface area contributed by atoms with Gasteiger partial charge in [-0.25, -0.2) is 0 Å². The quantitative estimate of drug-likeness (QED) is 0.864. The van der Waals surface area contributed by atoms with Crippen molar-refractivity contribution in [2.24, 2.45) is 0 Å². The van der Waals surface area contributed by atoms with E-state index in [0.29, 0.717) is 12.4 Å². The topological polar surface area (TPSA) is 67.0 Å². The average Bonchev–Trinajstić information content (AvgIpc) is 2.72. The maximum Gasteiger partial charge on any atom is 0.251 e. The van der Waals surface area contributed by atoms with E-state index < -0.39 is 0 Å². The molecule has 2 aromatic rings. The monoisotopic (exact) mass is 259 g/mol. The van der Waals surface area contributed by atoms with Gasteiger partial charge in [-0.3, -0.25) is 9.89 Å². The first-order valence-electron chi connectivity index (χ1n) is 6.10. The van der Waals surface area contributed by atoms with E-state index in [2.05, 4.69) is 15.5 Å². The first kappa shape index (κ1) is 13.3. The second-order valence-electron chi connectivity index (χ2n) is 4.35. The summed E-state index contributed by atoms with van der Waals surface area (Å²) in [7, 11) is 0. The van der Waals surface area contributed by atoms with Gasteiger partial charge in [0.25, 0.3) is 5.91 Å². The Morgan fingerprint density at radius 1 is 1.32 bits per heavy atom. The van der Waals surface area contributed by atoms with Crippen LogP contribution in [0.5, 0.6) is 0 Å². The highest BCUT2D eigenvalue weighted by Gasteiger charge is 2.09. The Morgan fingerprint density at radius 3 is 2.68 bits per heavy atom. The van der Waals surface area contributed by atoms with E-state index in [-0.39, 0.29) is 12.5 Å². The van der Waals surface area contributed by atoms with E-state index in [1.807, 2.05) is 44.2 Å². The molecule has 1 amide bonds. The number of H-pyrrole nitrogens is 1. The van der Waals surface area contributed by atoms with Crippen LogP contribution in [0, 0.1) is 13.8 Å². The van der Waals surface area contributed by atoms with Gasteiger partial charge in [0.1, 0.15) is 6.61 Å². The molecule has 0 fully saturated rings. The molecule has 0 unspecified atom stereocenters. The van der Waals surface area contributed by atoms with Crippen LogP contribution in [0.2, 0.25) is 0 Å². The molecule has 0 spiro atoms. The van der Waals surface area contributed by atoms with Crippen molar-refractivity contribution in [3.05, 3.63) is 47.2 Å². The summed E-state index contributed by atoms with van der Waals surface area (Å²) in [5, 5.41) is 9.54. The number of amides is 1. The number of ether oxygens (including phenoxy) is 1. The third kappa shape index (κ3) is 3.66. The molecule has 0 aliphatic carbocycles. The molecular weight excluding hydrogens is 242 g/mol. The number of hydrogen-bond acceptors (Lipinski definition) is 3. The predicted molar refractivity (Wildman–Crippen MR) is 72.8 cm³/mol. The molecule has 0 aliphatic heterocycles. The number of carbonyl (C=O) groups is 1. The number of nitrogens with one attached hydrogen (secondary N) is 2. The smallest absolute Gasteiger partial charge is 0.251 e. The van der Waals surface area contributed by atoms with Crippen LogP contribution in [0.15, 0.2) is 30.3 Å². The van der Waals surface area contributed by atoms with Crippen LogP contribution in [-0.4, -0.2) is 22.7 Å². The Bertz CT molecular complexity index is 549. The second-order valence-corrected chi connectivity index (χ2v) is 4.35. The number of carbonyl (C=O) groups excluding carboxylic acids is 1. The Labute approximate surface area is 112 Å². The van der Waals surface area contributed by atoms with Gasteiger partial charge in [-0.05, 0) is 19.4 Å². The van der Waals surface area contributed by atoms with E-state index in [0.717, 1.165) is 16.8 Å². The lowest BCUT2D eigenvalue weighted by Gasteiger charge is -2.05. The number of rotatable bonds is 5. The van der Waals surface area contributed by atoms with Gasteiger partial charge in [0.05, 0.1) is 6.61 Å². The van der Waals surface area contributed by atoms with Gasteiger partial charge in [-0.2, -0.15) is 5.10 Å². The molecule has 5 nitrogen and oxygen atoms in total. The fourth-order valence-electron chi connectivity index (χ4n) is 1.61. The Hall–Kier alpha value is -2.14. The average molecular weight is 259 g/mol. The first-order valence-corrected chi connectivity index (χ1v) is 6.10. The summed E-state index contributed by atoms with van der Waals surface area (Å²) in [6, 6.07) is 9.74. The van der Waals surface area contributed by atoms with Crippen LogP contribution in [0.3, 0.4) is 0 Å². The van der Waals surface area contributed by atoms with Crippen molar-refractivity contribution < 1.29 is 9.53 Å². The lowest BCUT2D eigenvalue weighted by atomic mass is 10.2. The number of benzene rings is 1. The highest BCUT2D eigenvalue weighted by Crippen LogP contribution is 2.13. The van der Waals surface area contributed by atoms with Crippen LogP contribution >= 0.6 is 0 Å². The molecule has 0 aliphatic rings. The molecule has 0 atom stereocenters. The van der Waals surface area contributed by atoms with Crippen molar-refractivity contribution in [1.29, 1.82) is 0 Å². The molecule has 1 heterocycles. The first-order chi connectivity index (χ1) is 9.16. The summed E-state index contributed by atoms with van der Waals surface area (Å²) < 4.78 is 5.35. The predicted octanol–water partition coefficient (Wildman–Crippen LogP) is 2.18. The molecule has 5 heteroatoms. The molecule has 0 saturated heterocycles. The zero-order valence-corrected chi connectivity index (χ0v) is 11.1. The van der Waals surface area contributed by atoms with Gasteiger partial charge in [0.15, 0.2) is 5.82 Å². The standard InChI is InChI=1S/C14H17N3O2/c1-10-11(2)16-17-14(10)15-13(18)9-19-8-12-6-4-3-5-7-12/h3-7H,8-9H2,1-2H3,(H2,15,16,17,18). The molecule has 100 valence electrons. The van der Waals surface area contributed by atoms with E-state index in [1.165, 1.54) is 0 Å². The number of aromatic amines is 1. The third-order valence-corrected chi connectivity index (χ3v) is 2.86. The number of nitrogens with zero attached hydrogens (tertiary/aromatic N) is 1. The fraction of sp³-hybridized carbons (Fsp3) is 0.286. The minimum Gasteiger partial charge on any atom is -0.367 e. The molecule has 2 rings (SSSR count). The molecule has 0 radical (unpaired) electrons. The van der Waals surface area contributed by atoms with Crippen LogP contribution in [0.1, 0.15) is 16.8 Å². The Morgan fingerprint density at radius 2 is 2.05 bits per heavy atom. The van der Waals surface area contributed by atoms with Crippen molar-refractivity contribution in [2.75, 3.05) is 11.9 Å². The van der Waals surface area contributed by atoms with Crippen LogP contribution in [0.25, 0.3) is 0 Å². The molecule has 1 aromatic carbocycles. The van der Waals surface area contributed by atoms with Gasteiger partial charge < -0.3 is 10.1 Å². The van der Waals surface area contributed by atoms with E-state index in [4.69, 9.17) is 4.74 Å². The lowest BCUT2D eigenvalue weighted by molar-refractivity contribution is -0.121. The number of anilines is 1. The zero-order chi connectivity index (χ0) is 13.7. The molecule has 0 bridgehead atoms. The van der Waals surface area contributed by atoms with Gasteiger partial charge in [-0.1, -0.05) is 30.3 Å². The molecular formula is C14H17N3O2. The fourth-order valence-corrected chi connectivity index (χ4v) is 1.61. The lowest BCUT2D eigenvalue weighted by Crippen LogP contribution is -2.19. The van der Waals surface area contributed by atoms with Crippen molar-refractivity contribution in [3.8, 4) is 0 Å². The maximum absolute atomic E-state index is 11.7. The van der Waals surface area contributed by atoms with Gasteiger partial charge in [0.2, 0.25) is 0 Å². The van der Waals surface area contributed by atoms with Crippen molar-refractivity contribution >= 4 is 11.7 Å². The summed E-state index contributed by atoms with van der Waals surface area (Å²) in [6.45, 7) is 4.25. The van der Waals surface area contributed by atoms with E-state index in [9.17, 15) is 4.79 Å². The Balaban J connectivity index is 1.78. The summed E-state index contributed by atoms with van der Waals surface area (Å²) in [5.74, 6) is 0.358. The van der Waals surface area contributed by atoms with Crippen LogP contribution in [0.4, 0.5) is 5.82 Å². The molecule has 0 saturated carbocycles. The molecule has 19 heavy (non-hydrogen) atoms. The number of hydrogen-bond donors (Lipinski definition) is 2. The number of aryl methyl sites for hydroxylation is 1. The largest absolute Gasteiger partial charge is 0.367 e. The highest BCUT2D eigenvalue weighted by molar-refractivity contribution is 5.91. The third-order valence-electron chi connectivity index (χ3n) is 2.86. The molecule has 2 N–H and O–H groups in total. The summed E-state index contributed by atoms with van der Waals surface area (Å²) in [5.41, 5.74) is 2.93. The minimum atomic E-state index is -0.203. The van der Waals surface area contributed by atoms with E-state index in [1.54, 1.807) is 0 Å². The zero-order valence-electron chi connectivity index (χ0n) is 11.1. The van der Waals surface area contributed by atoms with Gasteiger partial charge >= 0.3 is 0 Å². The van der Waals surface area contributed by atoms with Crippen molar-refractivity contribution in [1.82, 2.24) is 10.2 Å². The van der Waals surface area contributed by atoms with Gasteiger partial charge in [0, 0.05) is 11.3 Å². The van der Waals surface area contributed by atoms with Crippen LogP contribution < -0.4 is 5.32 Å². The highest BCUT2D eigenvalue weighted by atomic mass is 16.5. The summed E-state index contributed by atoms with van der Waals surface area (Å²) >= 11 is 0. The Kier molecular flexibility index (Phi) is 4.30. The van der Waals surface area contributed by atoms with Crippen molar-refractivity contribution in [3.63, 3.8) is 0 Å².